The number of hydrogen-bond donors (Lipinski definition) is 0. The largest absolute Gasteiger partial charge is 0.466 e. The second kappa shape index (κ2) is 9.64. The number of rotatable bonds is 8. The molecule has 0 aliphatic carbocycles. The summed E-state index contributed by atoms with van der Waals surface area (Å²) in [6, 6.07) is -0.164. The Morgan fingerprint density at radius 2 is 1.63 bits per heavy atom. The first-order chi connectivity index (χ1) is 8.96. The van der Waals surface area contributed by atoms with E-state index in [0.717, 1.165) is 6.42 Å². The van der Waals surface area contributed by atoms with Gasteiger partial charge in [0.25, 0.3) is 0 Å². The highest BCUT2D eigenvalue weighted by molar-refractivity contribution is 5.72. The minimum Gasteiger partial charge on any atom is -0.466 e. The fourth-order valence-electron chi connectivity index (χ4n) is 2.02. The molecular formula is C14H27NO4. The van der Waals surface area contributed by atoms with Crippen molar-refractivity contribution in [2.24, 2.45) is 5.92 Å². The van der Waals surface area contributed by atoms with E-state index in [2.05, 4.69) is 13.8 Å². The van der Waals surface area contributed by atoms with Gasteiger partial charge in [-0.1, -0.05) is 13.8 Å². The first-order valence-electron chi connectivity index (χ1n) is 7.05. The van der Waals surface area contributed by atoms with Crippen molar-refractivity contribution in [1.82, 2.24) is 4.90 Å². The number of amides is 1. The molecule has 1 atom stereocenters. The molecule has 0 saturated heterocycles. The molecule has 0 heterocycles. The van der Waals surface area contributed by atoms with Gasteiger partial charge in [-0.3, -0.25) is 4.79 Å². The third kappa shape index (κ3) is 7.03. The van der Waals surface area contributed by atoms with Crippen LogP contribution in [0, 0.1) is 5.92 Å². The van der Waals surface area contributed by atoms with E-state index < -0.39 is 0 Å². The standard InChI is InChI=1S/C14H27NO4/c1-6-15(14(17)19-8-3)12(9-11(4)5)10-13(16)18-7-2/h11-12H,6-10H2,1-5H3. The van der Waals surface area contributed by atoms with Crippen LogP contribution >= 0.6 is 0 Å². The number of ether oxygens (including phenoxy) is 2. The molecule has 0 fully saturated rings. The van der Waals surface area contributed by atoms with Gasteiger partial charge in [-0.2, -0.15) is 0 Å². The van der Waals surface area contributed by atoms with Gasteiger partial charge in [-0.05, 0) is 33.1 Å². The maximum Gasteiger partial charge on any atom is 0.409 e. The van der Waals surface area contributed by atoms with E-state index in [1.165, 1.54) is 0 Å². The number of nitrogens with zero attached hydrogens (tertiary/aromatic N) is 1. The minimum atomic E-state index is -0.361. The Balaban J connectivity index is 4.77. The van der Waals surface area contributed by atoms with Gasteiger partial charge in [0, 0.05) is 12.6 Å². The van der Waals surface area contributed by atoms with E-state index in [1.54, 1.807) is 18.7 Å². The van der Waals surface area contributed by atoms with E-state index >= 15 is 0 Å². The number of hydrogen-bond acceptors (Lipinski definition) is 4. The molecule has 0 spiro atoms. The van der Waals surface area contributed by atoms with Gasteiger partial charge in [-0.15, -0.1) is 0 Å². The Kier molecular flexibility index (Phi) is 9.00. The highest BCUT2D eigenvalue weighted by Crippen LogP contribution is 2.17. The fraction of sp³-hybridized carbons (Fsp3) is 0.857. The predicted molar refractivity (Wildman–Crippen MR) is 73.9 cm³/mol. The van der Waals surface area contributed by atoms with E-state index in [4.69, 9.17) is 9.47 Å². The summed E-state index contributed by atoms with van der Waals surface area (Å²) in [6.45, 7) is 10.8. The predicted octanol–water partition coefficient (Wildman–Crippen LogP) is 2.83. The SMILES string of the molecule is CCOC(=O)CC(CC(C)C)N(CC)C(=O)OCC. The Hall–Kier alpha value is -1.26. The minimum absolute atomic E-state index is 0.164. The lowest BCUT2D eigenvalue weighted by atomic mass is 10.00. The number of carbonyl (C=O) groups excluding carboxylic acids is 2. The number of carbonyl (C=O) groups is 2. The van der Waals surface area contributed by atoms with Crippen LogP contribution in [0.5, 0.6) is 0 Å². The third-order valence-corrected chi connectivity index (χ3v) is 2.73. The molecule has 0 aliphatic rings. The second-order valence-electron chi connectivity index (χ2n) is 4.78. The summed E-state index contributed by atoms with van der Waals surface area (Å²) in [5, 5.41) is 0. The summed E-state index contributed by atoms with van der Waals surface area (Å²) < 4.78 is 10.0. The smallest absolute Gasteiger partial charge is 0.409 e. The van der Waals surface area contributed by atoms with Crippen LogP contribution in [-0.4, -0.2) is 42.8 Å². The molecule has 0 aromatic heterocycles. The van der Waals surface area contributed by atoms with Crippen LogP contribution in [0.1, 0.15) is 47.5 Å². The molecule has 0 radical (unpaired) electrons. The average Bonchev–Trinajstić information content (AvgIpc) is 2.29. The molecule has 0 bridgehead atoms. The zero-order valence-electron chi connectivity index (χ0n) is 12.8. The first kappa shape index (κ1) is 17.7. The lowest BCUT2D eigenvalue weighted by Gasteiger charge is -2.30. The highest BCUT2D eigenvalue weighted by atomic mass is 16.6. The summed E-state index contributed by atoms with van der Waals surface area (Å²) in [5.41, 5.74) is 0. The Bertz CT molecular complexity index is 279. The number of esters is 1. The van der Waals surface area contributed by atoms with Crippen molar-refractivity contribution < 1.29 is 19.1 Å². The lowest BCUT2D eigenvalue weighted by molar-refractivity contribution is -0.144. The van der Waals surface area contributed by atoms with Gasteiger partial charge in [-0.25, -0.2) is 4.79 Å². The van der Waals surface area contributed by atoms with Crippen LogP contribution in [0.3, 0.4) is 0 Å². The van der Waals surface area contributed by atoms with Gasteiger partial charge in [0.15, 0.2) is 0 Å². The summed E-state index contributed by atoms with van der Waals surface area (Å²) >= 11 is 0. The van der Waals surface area contributed by atoms with Gasteiger partial charge in [0.1, 0.15) is 0 Å². The fourth-order valence-corrected chi connectivity index (χ4v) is 2.02. The van der Waals surface area contributed by atoms with Crippen molar-refractivity contribution in [2.45, 2.75) is 53.5 Å². The molecule has 1 amide bonds. The molecule has 0 saturated carbocycles. The molecule has 5 nitrogen and oxygen atoms in total. The zero-order valence-corrected chi connectivity index (χ0v) is 12.8. The van der Waals surface area contributed by atoms with Crippen LogP contribution in [0.25, 0.3) is 0 Å². The van der Waals surface area contributed by atoms with Crippen molar-refractivity contribution in [3.05, 3.63) is 0 Å². The zero-order chi connectivity index (χ0) is 14.8. The van der Waals surface area contributed by atoms with Crippen LogP contribution in [0.4, 0.5) is 4.79 Å². The molecule has 5 heteroatoms. The molecule has 1 unspecified atom stereocenters. The molecule has 19 heavy (non-hydrogen) atoms. The Morgan fingerprint density at radius 1 is 1.05 bits per heavy atom. The molecule has 0 aromatic carbocycles. The molecule has 112 valence electrons. The van der Waals surface area contributed by atoms with E-state index in [0.29, 0.717) is 25.7 Å². The monoisotopic (exact) mass is 273 g/mol. The van der Waals surface area contributed by atoms with Crippen molar-refractivity contribution >= 4 is 12.1 Å². The summed E-state index contributed by atoms with van der Waals surface area (Å²) in [6.07, 6.45) is 0.615. The molecular weight excluding hydrogens is 246 g/mol. The van der Waals surface area contributed by atoms with Crippen molar-refractivity contribution in [1.29, 1.82) is 0 Å². The summed E-state index contributed by atoms with van der Waals surface area (Å²) in [4.78, 5) is 25.1. The van der Waals surface area contributed by atoms with E-state index in [-0.39, 0.29) is 24.5 Å². The Labute approximate surface area is 116 Å². The first-order valence-corrected chi connectivity index (χ1v) is 7.05. The van der Waals surface area contributed by atoms with Crippen LogP contribution in [0.2, 0.25) is 0 Å². The van der Waals surface area contributed by atoms with Crippen molar-refractivity contribution in [2.75, 3.05) is 19.8 Å². The summed E-state index contributed by atoms with van der Waals surface area (Å²) in [5.74, 6) is 0.124. The van der Waals surface area contributed by atoms with E-state index in [1.807, 2.05) is 6.92 Å². The molecule has 0 N–H and O–H groups in total. The third-order valence-electron chi connectivity index (χ3n) is 2.73. The maximum absolute atomic E-state index is 11.9. The van der Waals surface area contributed by atoms with Gasteiger partial charge < -0.3 is 14.4 Å². The normalized spacial score (nSPS) is 12.1. The molecule has 0 aliphatic heterocycles. The molecule has 0 rings (SSSR count). The van der Waals surface area contributed by atoms with Crippen LogP contribution in [-0.2, 0) is 14.3 Å². The van der Waals surface area contributed by atoms with Crippen LogP contribution < -0.4 is 0 Å². The van der Waals surface area contributed by atoms with Gasteiger partial charge in [0.2, 0.25) is 0 Å². The maximum atomic E-state index is 11.9. The topological polar surface area (TPSA) is 55.8 Å². The summed E-state index contributed by atoms with van der Waals surface area (Å²) in [7, 11) is 0. The Morgan fingerprint density at radius 3 is 2.05 bits per heavy atom. The second-order valence-corrected chi connectivity index (χ2v) is 4.78. The lowest BCUT2D eigenvalue weighted by Crippen LogP contribution is -2.42. The van der Waals surface area contributed by atoms with Crippen molar-refractivity contribution in [3.8, 4) is 0 Å². The van der Waals surface area contributed by atoms with E-state index in [9.17, 15) is 9.59 Å². The van der Waals surface area contributed by atoms with Gasteiger partial charge >= 0.3 is 12.1 Å². The van der Waals surface area contributed by atoms with Gasteiger partial charge in [0.05, 0.1) is 19.6 Å². The van der Waals surface area contributed by atoms with Crippen molar-refractivity contribution in [3.63, 3.8) is 0 Å². The molecule has 0 aromatic rings. The quantitative estimate of drug-likeness (QED) is 0.638. The average molecular weight is 273 g/mol. The highest BCUT2D eigenvalue weighted by Gasteiger charge is 2.26. The van der Waals surface area contributed by atoms with Crippen LogP contribution in [0.15, 0.2) is 0 Å².